The summed E-state index contributed by atoms with van der Waals surface area (Å²) >= 11 is 0. The topological polar surface area (TPSA) is 29.5 Å². The van der Waals surface area contributed by atoms with E-state index in [1.807, 2.05) is 0 Å². The molecule has 1 fully saturated rings. The van der Waals surface area contributed by atoms with E-state index in [9.17, 15) is 5.11 Å². The maximum absolute atomic E-state index is 10.3. The van der Waals surface area contributed by atoms with Crippen LogP contribution in [0.4, 0.5) is 0 Å². The first-order chi connectivity index (χ1) is 10.3. The summed E-state index contributed by atoms with van der Waals surface area (Å²) < 4.78 is 5.42. The minimum Gasteiger partial charge on any atom is -0.497 e. The normalized spacial score (nSPS) is 39.2. The number of methoxy groups -OCH3 is 1. The van der Waals surface area contributed by atoms with Crippen LogP contribution in [0.2, 0.25) is 0 Å². The first kappa shape index (κ1) is 12.3. The molecule has 1 saturated carbocycles. The molecule has 2 nitrogen and oxygen atoms in total. The van der Waals surface area contributed by atoms with Gasteiger partial charge in [0.15, 0.2) is 0 Å². The standard InChI is InChI=1S/C19H22O2/c1-21-12-4-2-10-6-14-15-7-11-3-5-18(20)19(11)17(15)9-16(14)13(10)8-12/h2,4,8,14-18,20H,3,5-7,9H2,1H3/t14-,15+,16-,17-,18+/m1/s1. The molecule has 110 valence electrons. The van der Waals surface area contributed by atoms with E-state index < -0.39 is 0 Å². The Kier molecular flexibility index (Phi) is 2.42. The van der Waals surface area contributed by atoms with Crippen LogP contribution in [-0.2, 0) is 6.42 Å². The Morgan fingerprint density at radius 3 is 2.86 bits per heavy atom. The van der Waals surface area contributed by atoms with Gasteiger partial charge < -0.3 is 9.84 Å². The van der Waals surface area contributed by atoms with Crippen molar-refractivity contribution in [1.82, 2.24) is 0 Å². The SMILES string of the molecule is COc1ccc2c(c1)[C@H]1C[C@H]3C4=C(CC[C@@H]4O)C[C@H]3[C@H]1C2. The molecule has 0 unspecified atom stereocenters. The van der Waals surface area contributed by atoms with Crippen molar-refractivity contribution in [1.29, 1.82) is 0 Å². The third kappa shape index (κ3) is 1.52. The van der Waals surface area contributed by atoms with Gasteiger partial charge in [0.05, 0.1) is 13.2 Å². The van der Waals surface area contributed by atoms with Gasteiger partial charge in [-0.2, -0.15) is 0 Å². The lowest BCUT2D eigenvalue weighted by atomic mass is 9.85. The average Bonchev–Trinajstić information content (AvgIpc) is 3.18. The van der Waals surface area contributed by atoms with E-state index in [0.29, 0.717) is 11.8 Å². The Hall–Kier alpha value is -1.28. The van der Waals surface area contributed by atoms with Crippen LogP contribution in [0.1, 0.15) is 42.7 Å². The van der Waals surface area contributed by atoms with Crippen LogP contribution >= 0.6 is 0 Å². The Morgan fingerprint density at radius 1 is 1.14 bits per heavy atom. The summed E-state index contributed by atoms with van der Waals surface area (Å²) in [7, 11) is 1.75. The predicted molar refractivity (Wildman–Crippen MR) is 81.4 cm³/mol. The summed E-state index contributed by atoms with van der Waals surface area (Å²) in [5, 5.41) is 10.3. The number of fused-ring (bicyclic) bond motifs is 6. The van der Waals surface area contributed by atoms with Crippen molar-refractivity contribution in [2.45, 2.75) is 44.1 Å². The quantitative estimate of drug-likeness (QED) is 0.800. The van der Waals surface area contributed by atoms with Crippen LogP contribution in [0, 0.1) is 17.8 Å². The average molecular weight is 282 g/mol. The molecule has 0 heterocycles. The van der Waals surface area contributed by atoms with E-state index >= 15 is 0 Å². The van der Waals surface area contributed by atoms with Crippen LogP contribution in [0.15, 0.2) is 29.3 Å². The molecular formula is C19H22O2. The Morgan fingerprint density at radius 2 is 2.00 bits per heavy atom. The van der Waals surface area contributed by atoms with Crippen molar-refractivity contribution in [2.75, 3.05) is 7.11 Å². The summed E-state index contributed by atoms with van der Waals surface area (Å²) in [6.45, 7) is 0. The van der Waals surface area contributed by atoms with Crippen LogP contribution in [0.3, 0.4) is 0 Å². The van der Waals surface area contributed by atoms with E-state index in [1.165, 1.54) is 36.0 Å². The lowest BCUT2D eigenvalue weighted by Gasteiger charge is -2.21. The number of aliphatic hydroxyl groups excluding tert-OH is 1. The fraction of sp³-hybridized carbons (Fsp3) is 0.579. The van der Waals surface area contributed by atoms with E-state index in [-0.39, 0.29) is 6.10 Å². The first-order valence-corrected chi connectivity index (χ1v) is 8.33. The van der Waals surface area contributed by atoms with Gasteiger partial charge in [-0.15, -0.1) is 0 Å². The molecule has 5 atom stereocenters. The molecule has 1 aromatic rings. The van der Waals surface area contributed by atoms with Crippen molar-refractivity contribution in [3.63, 3.8) is 0 Å². The van der Waals surface area contributed by atoms with Gasteiger partial charge in [0.1, 0.15) is 5.75 Å². The molecule has 0 spiro atoms. The second-order valence-corrected chi connectivity index (χ2v) is 7.36. The fourth-order valence-corrected chi connectivity index (χ4v) is 5.87. The number of aliphatic hydroxyl groups is 1. The number of benzene rings is 1. The summed E-state index contributed by atoms with van der Waals surface area (Å²) in [4.78, 5) is 0. The second-order valence-electron chi connectivity index (χ2n) is 7.36. The maximum Gasteiger partial charge on any atom is 0.119 e. The summed E-state index contributed by atoms with van der Waals surface area (Å²) in [6, 6.07) is 6.64. The van der Waals surface area contributed by atoms with Gasteiger partial charge in [0.2, 0.25) is 0 Å². The molecule has 0 saturated heterocycles. The number of hydrogen-bond donors (Lipinski definition) is 1. The van der Waals surface area contributed by atoms with Crippen molar-refractivity contribution >= 4 is 0 Å². The van der Waals surface area contributed by atoms with Crippen LogP contribution in [-0.4, -0.2) is 18.3 Å². The zero-order valence-electron chi connectivity index (χ0n) is 12.5. The summed E-state index contributed by atoms with van der Waals surface area (Å²) in [5.74, 6) is 3.97. The smallest absolute Gasteiger partial charge is 0.119 e. The van der Waals surface area contributed by atoms with E-state index in [4.69, 9.17) is 4.74 Å². The fourth-order valence-electron chi connectivity index (χ4n) is 5.87. The first-order valence-electron chi connectivity index (χ1n) is 8.33. The highest BCUT2D eigenvalue weighted by atomic mass is 16.5. The molecule has 5 rings (SSSR count). The molecule has 4 aliphatic rings. The highest BCUT2D eigenvalue weighted by Crippen LogP contribution is 2.63. The zero-order valence-corrected chi connectivity index (χ0v) is 12.5. The van der Waals surface area contributed by atoms with Gasteiger partial charge in [-0.3, -0.25) is 0 Å². The molecular weight excluding hydrogens is 260 g/mol. The van der Waals surface area contributed by atoms with E-state index in [2.05, 4.69) is 18.2 Å². The van der Waals surface area contributed by atoms with Crippen molar-refractivity contribution in [2.24, 2.45) is 17.8 Å². The largest absolute Gasteiger partial charge is 0.497 e. The molecule has 0 aromatic heterocycles. The molecule has 4 aliphatic carbocycles. The predicted octanol–water partition coefficient (Wildman–Crippen LogP) is 3.44. The second kappa shape index (κ2) is 4.13. The van der Waals surface area contributed by atoms with Gasteiger partial charge in [-0.1, -0.05) is 11.6 Å². The van der Waals surface area contributed by atoms with Crippen LogP contribution < -0.4 is 4.74 Å². The van der Waals surface area contributed by atoms with Gasteiger partial charge >= 0.3 is 0 Å². The Bertz CT molecular complexity index is 645. The monoisotopic (exact) mass is 282 g/mol. The number of allylic oxidation sites excluding steroid dienone is 1. The van der Waals surface area contributed by atoms with Crippen molar-refractivity contribution in [3.05, 3.63) is 40.5 Å². The molecule has 0 aliphatic heterocycles. The van der Waals surface area contributed by atoms with Gasteiger partial charge in [-0.25, -0.2) is 0 Å². The Balaban J connectivity index is 1.51. The highest BCUT2D eigenvalue weighted by molar-refractivity contribution is 5.46. The zero-order chi connectivity index (χ0) is 14.1. The molecule has 0 radical (unpaired) electrons. The third-order valence-corrected chi connectivity index (χ3v) is 6.67. The minimum atomic E-state index is -0.126. The van der Waals surface area contributed by atoms with Crippen LogP contribution in [0.25, 0.3) is 0 Å². The number of hydrogen-bond acceptors (Lipinski definition) is 2. The van der Waals surface area contributed by atoms with E-state index in [1.54, 1.807) is 12.7 Å². The summed E-state index contributed by atoms with van der Waals surface area (Å²) in [6.07, 6.45) is 5.77. The van der Waals surface area contributed by atoms with Crippen molar-refractivity contribution in [3.8, 4) is 5.75 Å². The third-order valence-electron chi connectivity index (χ3n) is 6.67. The van der Waals surface area contributed by atoms with E-state index in [0.717, 1.165) is 30.4 Å². The van der Waals surface area contributed by atoms with Gasteiger partial charge in [0.25, 0.3) is 0 Å². The molecule has 0 bridgehead atoms. The molecule has 21 heavy (non-hydrogen) atoms. The van der Waals surface area contributed by atoms with Gasteiger partial charge in [-0.05, 0) is 84.6 Å². The highest BCUT2D eigenvalue weighted by Gasteiger charge is 2.53. The lowest BCUT2D eigenvalue weighted by Crippen LogP contribution is -2.18. The van der Waals surface area contributed by atoms with Crippen molar-refractivity contribution < 1.29 is 9.84 Å². The Labute approximate surface area is 125 Å². The number of rotatable bonds is 1. The molecule has 0 amide bonds. The summed E-state index contributed by atoms with van der Waals surface area (Å²) in [5.41, 5.74) is 6.14. The maximum atomic E-state index is 10.3. The molecule has 1 aromatic carbocycles. The molecule has 2 heteroatoms. The number of ether oxygens (including phenoxy) is 1. The minimum absolute atomic E-state index is 0.126. The van der Waals surface area contributed by atoms with Crippen LogP contribution in [0.5, 0.6) is 5.75 Å². The molecule has 1 N–H and O–H groups in total. The lowest BCUT2D eigenvalue weighted by molar-refractivity contribution is 0.190. The van der Waals surface area contributed by atoms with Gasteiger partial charge in [0, 0.05) is 0 Å².